The van der Waals surface area contributed by atoms with Gasteiger partial charge < -0.3 is 4.90 Å². The van der Waals surface area contributed by atoms with E-state index in [9.17, 15) is 4.21 Å². The normalized spacial score (nSPS) is 25.3. The molecule has 4 nitrogen and oxygen atoms in total. The SMILES string of the molecule is CN1CCC(OS(=O)O)CC1. The maximum atomic E-state index is 10.2. The number of hydrogen-bond acceptors (Lipinski definition) is 3. The zero-order chi connectivity index (χ0) is 8.27. The van der Waals surface area contributed by atoms with Gasteiger partial charge in [-0.05, 0) is 19.9 Å². The lowest BCUT2D eigenvalue weighted by molar-refractivity contribution is 0.117. The third-order valence-corrected chi connectivity index (χ3v) is 2.32. The van der Waals surface area contributed by atoms with Crippen molar-refractivity contribution >= 4 is 11.4 Å². The molecule has 0 bridgehead atoms. The molecule has 1 aliphatic rings. The Morgan fingerprint density at radius 1 is 1.55 bits per heavy atom. The van der Waals surface area contributed by atoms with E-state index in [1.807, 2.05) is 7.05 Å². The molecule has 0 spiro atoms. The van der Waals surface area contributed by atoms with E-state index in [0.717, 1.165) is 25.9 Å². The molecule has 66 valence electrons. The topological polar surface area (TPSA) is 49.8 Å². The van der Waals surface area contributed by atoms with E-state index >= 15 is 0 Å². The molecule has 1 saturated heterocycles. The molecule has 1 aliphatic heterocycles. The molecule has 0 radical (unpaired) electrons. The highest BCUT2D eigenvalue weighted by Gasteiger charge is 2.18. The van der Waals surface area contributed by atoms with Gasteiger partial charge in [0, 0.05) is 13.1 Å². The summed E-state index contributed by atoms with van der Waals surface area (Å²) in [5, 5.41) is 0. The second-order valence-electron chi connectivity index (χ2n) is 2.82. The first-order valence-corrected chi connectivity index (χ1v) is 4.68. The third kappa shape index (κ3) is 3.29. The minimum absolute atomic E-state index is 0.0305. The molecule has 11 heavy (non-hydrogen) atoms. The minimum Gasteiger partial charge on any atom is -0.306 e. The Kier molecular flexibility index (Phi) is 3.45. The number of piperidine rings is 1. The van der Waals surface area contributed by atoms with Crippen molar-refractivity contribution in [3.8, 4) is 0 Å². The summed E-state index contributed by atoms with van der Waals surface area (Å²) in [7, 11) is 2.03. The van der Waals surface area contributed by atoms with Crippen LogP contribution in [0.4, 0.5) is 0 Å². The van der Waals surface area contributed by atoms with Gasteiger partial charge in [-0.25, -0.2) is 0 Å². The van der Waals surface area contributed by atoms with Crippen molar-refractivity contribution < 1.29 is 12.9 Å². The predicted octanol–water partition coefficient (Wildman–Crippen LogP) is 0.234. The van der Waals surface area contributed by atoms with E-state index in [1.54, 1.807) is 0 Å². The molecule has 0 aliphatic carbocycles. The molecule has 1 fully saturated rings. The Balaban J connectivity index is 2.22. The van der Waals surface area contributed by atoms with E-state index in [2.05, 4.69) is 4.90 Å². The maximum Gasteiger partial charge on any atom is 0.302 e. The fourth-order valence-corrected chi connectivity index (χ4v) is 1.62. The standard InChI is InChI=1S/C6H13NO3S/c1-7-4-2-6(3-5-7)10-11(8)9/h6H,2-5H2,1H3,(H,8,9). The fraction of sp³-hybridized carbons (Fsp3) is 1.00. The molecule has 0 amide bonds. The first kappa shape index (κ1) is 9.12. The van der Waals surface area contributed by atoms with E-state index in [0.29, 0.717) is 0 Å². The van der Waals surface area contributed by atoms with Gasteiger partial charge in [0.05, 0.1) is 6.10 Å². The minimum atomic E-state index is -2.09. The van der Waals surface area contributed by atoms with Crippen LogP contribution in [0.2, 0.25) is 0 Å². The highest BCUT2D eigenvalue weighted by atomic mass is 32.2. The van der Waals surface area contributed by atoms with Gasteiger partial charge in [0.1, 0.15) is 0 Å². The Labute approximate surface area is 69.0 Å². The van der Waals surface area contributed by atoms with Crippen LogP contribution >= 0.6 is 0 Å². The van der Waals surface area contributed by atoms with Crippen molar-refractivity contribution in [2.24, 2.45) is 0 Å². The Morgan fingerprint density at radius 3 is 2.55 bits per heavy atom. The van der Waals surface area contributed by atoms with Crippen molar-refractivity contribution in [1.29, 1.82) is 0 Å². The Hall–Kier alpha value is 0.0300. The summed E-state index contributed by atoms with van der Waals surface area (Å²) in [5.41, 5.74) is 0. The second-order valence-corrected chi connectivity index (χ2v) is 3.44. The van der Waals surface area contributed by atoms with Crippen molar-refractivity contribution in [1.82, 2.24) is 4.90 Å². The van der Waals surface area contributed by atoms with Crippen LogP contribution in [0.5, 0.6) is 0 Å². The lowest BCUT2D eigenvalue weighted by atomic mass is 10.1. The maximum absolute atomic E-state index is 10.2. The molecular weight excluding hydrogens is 166 g/mol. The molecule has 0 aromatic heterocycles. The van der Waals surface area contributed by atoms with Gasteiger partial charge in [0.25, 0.3) is 0 Å². The van der Waals surface area contributed by atoms with Gasteiger partial charge >= 0.3 is 11.4 Å². The number of hydrogen-bond donors (Lipinski definition) is 1. The highest BCUT2D eigenvalue weighted by Crippen LogP contribution is 2.12. The summed E-state index contributed by atoms with van der Waals surface area (Å²) in [4.78, 5) is 2.18. The summed E-state index contributed by atoms with van der Waals surface area (Å²) in [5.74, 6) is 0. The third-order valence-electron chi connectivity index (χ3n) is 1.88. The van der Waals surface area contributed by atoms with Crippen molar-refractivity contribution in [3.05, 3.63) is 0 Å². The molecule has 0 aromatic carbocycles. The van der Waals surface area contributed by atoms with Gasteiger partial charge in [-0.2, -0.15) is 4.21 Å². The molecule has 0 aromatic rings. The van der Waals surface area contributed by atoms with Crippen LogP contribution in [0, 0.1) is 0 Å². The number of likely N-dealkylation sites (tertiary alicyclic amines) is 1. The first-order valence-electron chi connectivity index (χ1n) is 3.65. The van der Waals surface area contributed by atoms with Crippen LogP contribution in [-0.4, -0.2) is 39.9 Å². The van der Waals surface area contributed by atoms with Crippen molar-refractivity contribution in [2.45, 2.75) is 18.9 Å². The van der Waals surface area contributed by atoms with Crippen LogP contribution in [-0.2, 0) is 15.5 Å². The molecule has 1 heterocycles. The zero-order valence-corrected chi connectivity index (χ0v) is 7.34. The van der Waals surface area contributed by atoms with Crippen LogP contribution in [0.3, 0.4) is 0 Å². The van der Waals surface area contributed by atoms with Gasteiger partial charge in [-0.15, -0.1) is 0 Å². The summed E-state index contributed by atoms with van der Waals surface area (Å²) < 4.78 is 23.4. The highest BCUT2D eigenvalue weighted by molar-refractivity contribution is 7.74. The van der Waals surface area contributed by atoms with Gasteiger partial charge in [-0.1, -0.05) is 0 Å². The first-order chi connectivity index (χ1) is 5.18. The molecule has 0 saturated carbocycles. The van der Waals surface area contributed by atoms with E-state index in [4.69, 9.17) is 8.74 Å². The van der Waals surface area contributed by atoms with Crippen LogP contribution in [0.15, 0.2) is 0 Å². The van der Waals surface area contributed by atoms with Gasteiger partial charge in [0.15, 0.2) is 0 Å². The fourth-order valence-electron chi connectivity index (χ4n) is 1.20. The summed E-state index contributed by atoms with van der Waals surface area (Å²) in [6.07, 6.45) is 1.67. The Bertz CT molecular complexity index is 145. The average Bonchev–Trinajstić information content (AvgIpc) is 1.93. The number of rotatable bonds is 2. The van der Waals surface area contributed by atoms with E-state index in [-0.39, 0.29) is 6.10 Å². The molecule has 1 rings (SSSR count). The lowest BCUT2D eigenvalue weighted by Crippen LogP contribution is -2.34. The van der Waals surface area contributed by atoms with E-state index in [1.165, 1.54) is 0 Å². The molecule has 1 N–H and O–H groups in total. The summed E-state index contributed by atoms with van der Waals surface area (Å²) in [6, 6.07) is 0. The molecule has 1 unspecified atom stereocenters. The van der Waals surface area contributed by atoms with Crippen LogP contribution < -0.4 is 0 Å². The zero-order valence-electron chi connectivity index (χ0n) is 6.52. The molecule has 1 atom stereocenters. The monoisotopic (exact) mass is 179 g/mol. The van der Waals surface area contributed by atoms with Gasteiger partial charge in [-0.3, -0.25) is 8.74 Å². The van der Waals surface area contributed by atoms with E-state index < -0.39 is 11.4 Å². The predicted molar refractivity (Wildman–Crippen MR) is 42.4 cm³/mol. The van der Waals surface area contributed by atoms with Crippen molar-refractivity contribution in [2.75, 3.05) is 20.1 Å². The summed E-state index contributed by atoms with van der Waals surface area (Å²) >= 11 is -2.09. The number of nitrogens with zero attached hydrogens (tertiary/aromatic N) is 1. The second kappa shape index (κ2) is 4.15. The summed E-state index contributed by atoms with van der Waals surface area (Å²) in [6.45, 7) is 1.89. The van der Waals surface area contributed by atoms with Gasteiger partial charge in [0.2, 0.25) is 0 Å². The molecular formula is C6H13NO3S. The molecule has 5 heteroatoms. The average molecular weight is 179 g/mol. The smallest absolute Gasteiger partial charge is 0.302 e. The Morgan fingerprint density at radius 2 is 2.09 bits per heavy atom. The van der Waals surface area contributed by atoms with Crippen LogP contribution in [0.25, 0.3) is 0 Å². The quantitative estimate of drug-likeness (QED) is 0.617. The largest absolute Gasteiger partial charge is 0.306 e. The van der Waals surface area contributed by atoms with Crippen LogP contribution in [0.1, 0.15) is 12.8 Å². The lowest BCUT2D eigenvalue weighted by Gasteiger charge is -2.27. The van der Waals surface area contributed by atoms with Crippen molar-refractivity contribution in [3.63, 3.8) is 0 Å².